The summed E-state index contributed by atoms with van der Waals surface area (Å²) in [5.74, 6) is 0. The first-order valence-electron chi connectivity index (χ1n) is 5.73. The quantitative estimate of drug-likeness (QED) is 0.696. The van der Waals surface area contributed by atoms with E-state index in [0.29, 0.717) is 0 Å². The molecule has 1 rings (SSSR count). The fourth-order valence-electron chi connectivity index (χ4n) is 1.41. The highest BCUT2D eigenvalue weighted by atomic mass is 16.5. The first-order chi connectivity index (χ1) is 9.15. The van der Waals surface area contributed by atoms with Crippen molar-refractivity contribution in [2.24, 2.45) is 0 Å². The summed E-state index contributed by atoms with van der Waals surface area (Å²) in [6.07, 6.45) is -0.998. The summed E-state index contributed by atoms with van der Waals surface area (Å²) >= 11 is 0. The van der Waals surface area contributed by atoms with Crippen LogP contribution in [0.5, 0.6) is 0 Å². The van der Waals surface area contributed by atoms with E-state index < -0.39 is 24.8 Å². The molecule has 6 heteroatoms. The van der Waals surface area contributed by atoms with Crippen molar-refractivity contribution in [2.75, 3.05) is 13.2 Å². The van der Waals surface area contributed by atoms with Crippen LogP contribution in [0.2, 0.25) is 0 Å². The van der Waals surface area contributed by atoms with E-state index >= 15 is 0 Å². The molecule has 0 aromatic heterocycles. The number of carbonyl (C=O) groups is 1. The SMILES string of the molecule is N#CCC(CO)(CO)NC(=O)OCc1ccccc1. The molecule has 0 radical (unpaired) electrons. The molecule has 102 valence electrons. The van der Waals surface area contributed by atoms with Gasteiger partial charge in [-0.3, -0.25) is 0 Å². The molecule has 0 aliphatic heterocycles. The smallest absolute Gasteiger partial charge is 0.408 e. The molecule has 1 amide bonds. The molecule has 0 saturated carbocycles. The zero-order valence-electron chi connectivity index (χ0n) is 10.4. The molecule has 0 aliphatic rings. The predicted molar refractivity (Wildman–Crippen MR) is 66.9 cm³/mol. The third-order valence-electron chi connectivity index (χ3n) is 2.60. The molecule has 0 saturated heterocycles. The van der Waals surface area contributed by atoms with Crippen LogP contribution in [0.25, 0.3) is 0 Å². The second kappa shape index (κ2) is 7.36. The number of aliphatic hydroxyl groups is 2. The number of benzene rings is 1. The predicted octanol–water partition coefficient (Wildman–Crippen LogP) is 0.550. The van der Waals surface area contributed by atoms with Gasteiger partial charge >= 0.3 is 6.09 Å². The van der Waals surface area contributed by atoms with Gasteiger partial charge in [0.1, 0.15) is 12.1 Å². The van der Waals surface area contributed by atoms with Gasteiger partial charge in [-0.2, -0.15) is 5.26 Å². The van der Waals surface area contributed by atoms with Crippen LogP contribution in [-0.4, -0.2) is 35.1 Å². The van der Waals surface area contributed by atoms with Crippen LogP contribution >= 0.6 is 0 Å². The van der Waals surface area contributed by atoms with Crippen molar-refractivity contribution < 1.29 is 19.7 Å². The van der Waals surface area contributed by atoms with Crippen LogP contribution in [0.3, 0.4) is 0 Å². The fraction of sp³-hybridized carbons (Fsp3) is 0.385. The van der Waals surface area contributed by atoms with Crippen molar-refractivity contribution >= 4 is 6.09 Å². The van der Waals surface area contributed by atoms with Crippen LogP contribution < -0.4 is 5.32 Å². The molecule has 1 aromatic carbocycles. The van der Waals surface area contributed by atoms with Crippen LogP contribution in [0.15, 0.2) is 30.3 Å². The van der Waals surface area contributed by atoms with Crippen LogP contribution in [-0.2, 0) is 11.3 Å². The third kappa shape index (κ3) is 4.58. The molecule has 0 spiro atoms. The number of nitrogens with zero attached hydrogens (tertiary/aromatic N) is 1. The number of rotatable bonds is 6. The van der Waals surface area contributed by atoms with E-state index in [2.05, 4.69) is 5.32 Å². The molecule has 1 aromatic rings. The lowest BCUT2D eigenvalue weighted by Crippen LogP contribution is -2.54. The Morgan fingerprint density at radius 1 is 1.32 bits per heavy atom. The van der Waals surface area contributed by atoms with E-state index in [9.17, 15) is 4.79 Å². The molecule has 19 heavy (non-hydrogen) atoms. The summed E-state index contributed by atoms with van der Waals surface area (Å²) in [5, 5.41) is 29.3. The molecular formula is C13H16N2O4. The van der Waals surface area contributed by atoms with Gasteiger partial charge in [-0.15, -0.1) is 0 Å². The standard InChI is InChI=1S/C13H16N2O4/c14-7-6-13(9-16,10-17)15-12(18)19-8-11-4-2-1-3-5-11/h1-5,16-17H,6,8-10H2,(H,15,18). The van der Waals surface area contributed by atoms with Crippen molar-refractivity contribution in [2.45, 2.75) is 18.6 Å². The summed E-state index contributed by atoms with van der Waals surface area (Å²) in [6.45, 7) is -1.01. The Kier molecular flexibility index (Phi) is 5.79. The monoisotopic (exact) mass is 264 g/mol. The summed E-state index contributed by atoms with van der Waals surface area (Å²) < 4.78 is 4.95. The summed E-state index contributed by atoms with van der Waals surface area (Å²) in [4.78, 5) is 11.6. The average Bonchev–Trinajstić information content (AvgIpc) is 2.45. The summed E-state index contributed by atoms with van der Waals surface area (Å²) in [7, 11) is 0. The van der Waals surface area contributed by atoms with Gasteiger partial charge in [0.15, 0.2) is 0 Å². The first kappa shape index (κ1) is 15.0. The maximum absolute atomic E-state index is 11.6. The highest BCUT2D eigenvalue weighted by Crippen LogP contribution is 2.09. The van der Waals surface area contributed by atoms with Gasteiger partial charge in [0.25, 0.3) is 0 Å². The Hall–Kier alpha value is -2.10. The number of aliphatic hydroxyl groups excluding tert-OH is 2. The largest absolute Gasteiger partial charge is 0.445 e. The molecule has 0 heterocycles. The molecule has 0 bridgehead atoms. The lowest BCUT2D eigenvalue weighted by Gasteiger charge is -2.27. The number of alkyl carbamates (subject to hydrolysis) is 1. The van der Waals surface area contributed by atoms with Crippen LogP contribution in [0, 0.1) is 11.3 Å². The minimum atomic E-state index is -1.37. The highest BCUT2D eigenvalue weighted by molar-refractivity contribution is 5.68. The van der Waals surface area contributed by atoms with E-state index in [1.165, 1.54) is 0 Å². The van der Waals surface area contributed by atoms with Gasteiger partial charge in [-0.25, -0.2) is 4.79 Å². The number of nitriles is 1. The second-order valence-electron chi connectivity index (χ2n) is 4.12. The van der Waals surface area contributed by atoms with Crippen molar-refractivity contribution in [3.63, 3.8) is 0 Å². The van der Waals surface area contributed by atoms with Gasteiger partial charge < -0.3 is 20.3 Å². The zero-order valence-corrected chi connectivity index (χ0v) is 10.4. The van der Waals surface area contributed by atoms with Crippen molar-refractivity contribution in [3.8, 4) is 6.07 Å². The normalized spacial score (nSPS) is 10.6. The van der Waals surface area contributed by atoms with E-state index in [1.807, 2.05) is 18.2 Å². The fourth-order valence-corrected chi connectivity index (χ4v) is 1.41. The van der Waals surface area contributed by atoms with E-state index in [1.54, 1.807) is 18.2 Å². The van der Waals surface area contributed by atoms with E-state index in [-0.39, 0.29) is 13.0 Å². The minimum absolute atomic E-state index is 0.0756. The molecule has 3 N–H and O–H groups in total. The number of nitrogens with one attached hydrogen (secondary N) is 1. The van der Waals surface area contributed by atoms with Gasteiger partial charge in [0, 0.05) is 0 Å². The lowest BCUT2D eigenvalue weighted by molar-refractivity contribution is 0.0745. The Morgan fingerprint density at radius 2 is 1.95 bits per heavy atom. The topological polar surface area (TPSA) is 103 Å². The molecule has 6 nitrogen and oxygen atoms in total. The molecule has 0 unspecified atom stereocenters. The van der Waals surface area contributed by atoms with Gasteiger partial charge in [0.2, 0.25) is 0 Å². The first-order valence-corrected chi connectivity index (χ1v) is 5.73. The number of carbonyl (C=O) groups excluding carboxylic acids is 1. The molecule has 0 aliphatic carbocycles. The minimum Gasteiger partial charge on any atom is -0.445 e. The van der Waals surface area contributed by atoms with Crippen LogP contribution in [0.1, 0.15) is 12.0 Å². The lowest BCUT2D eigenvalue weighted by atomic mass is 9.99. The molecular weight excluding hydrogens is 248 g/mol. The van der Waals surface area contributed by atoms with Crippen molar-refractivity contribution in [1.82, 2.24) is 5.32 Å². The molecule has 0 fully saturated rings. The van der Waals surface area contributed by atoms with Gasteiger partial charge in [0.05, 0.1) is 25.7 Å². The third-order valence-corrected chi connectivity index (χ3v) is 2.60. The zero-order chi connectivity index (χ0) is 14.1. The summed E-state index contributed by atoms with van der Waals surface area (Å²) in [5.41, 5.74) is -0.556. The number of hydrogen-bond acceptors (Lipinski definition) is 5. The maximum Gasteiger partial charge on any atom is 0.408 e. The second-order valence-corrected chi connectivity index (χ2v) is 4.12. The van der Waals surface area contributed by atoms with Crippen molar-refractivity contribution in [3.05, 3.63) is 35.9 Å². The molecule has 0 atom stereocenters. The number of amides is 1. The Labute approximate surface area is 111 Å². The summed E-state index contributed by atoms with van der Waals surface area (Å²) in [6, 6.07) is 10.9. The average molecular weight is 264 g/mol. The maximum atomic E-state index is 11.6. The van der Waals surface area contributed by atoms with Gasteiger partial charge in [-0.1, -0.05) is 30.3 Å². The Balaban J connectivity index is 2.52. The number of hydrogen-bond donors (Lipinski definition) is 3. The van der Waals surface area contributed by atoms with Crippen molar-refractivity contribution in [1.29, 1.82) is 5.26 Å². The Morgan fingerprint density at radius 3 is 2.47 bits per heavy atom. The number of ether oxygens (including phenoxy) is 1. The Bertz CT molecular complexity index is 438. The van der Waals surface area contributed by atoms with E-state index in [4.69, 9.17) is 20.2 Å². The van der Waals surface area contributed by atoms with E-state index in [0.717, 1.165) is 5.56 Å². The highest BCUT2D eigenvalue weighted by Gasteiger charge is 2.31. The van der Waals surface area contributed by atoms with Crippen LogP contribution in [0.4, 0.5) is 4.79 Å². The van der Waals surface area contributed by atoms with Gasteiger partial charge in [-0.05, 0) is 5.56 Å².